The zero-order chi connectivity index (χ0) is 24.1. The van der Waals surface area contributed by atoms with Crippen molar-refractivity contribution < 1.29 is 27.4 Å². The van der Waals surface area contributed by atoms with Gasteiger partial charge in [-0.15, -0.1) is 0 Å². The van der Waals surface area contributed by atoms with Gasteiger partial charge < -0.3 is 19.3 Å². The Bertz CT molecular complexity index is 1130. The van der Waals surface area contributed by atoms with Gasteiger partial charge in [0, 0.05) is 43.0 Å². The molecule has 8 heteroatoms. The first kappa shape index (κ1) is 23.5. The Morgan fingerprint density at radius 3 is 2.32 bits per heavy atom. The molecule has 0 aromatic heterocycles. The first-order valence-electron chi connectivity index (χ1n) is 10.9. The van der Waals surface area contributed by atoms with Crippen LogP contribution in [0.2, 0.25) is 0 Å². The number of methoxy groups -OCH3 is 1. The van der Waals surface area contributed by atoms with Crippen LogP contribution < -0.4 is 14.4 Å². The first-order chi connectivity index (χ1) is 16.3. The Hall–Kier alpha value is -3.68. The Kier molecular flexibility index (Phi) is 6.95. The molecule has 0 radical (unpaired) electrons. The molecule has 0 N–H and O–H groups in total. The van der Waals surface area contributed by atoms with Crippen molar-refractivity contribution in [3.05, 3.63) is 89.5 Å². The van der Waals surface area contributed by atoms with E-state index in [4.69, 9.17) is 9.47 Å². The van der Waals surface area contributed by atoms with E-state index in [1.54, 1.807) is 36.3 Å². The standard InChI is InChI=1S/C26H25F3N2O3/c1-33-24-11-10-19(16-20(24)18-34-23-8-3-2-4-9-23)25(32)31-14-12-30(13-15-31)22-7-5-6-21(17-22)26(27,28)29/h2-11,16-17H,12-15,18H2,1H3. The van der Waals surface area contributed by atoms with Crippen LogP contribution in [-0.4, -0.2) is 44.1 Å². The zero-order valence-electron chi connectivity index (χ0n) is 18.7. The van der Waals surface area contributed by atoms with Gasteiger partial charge >= 0.3 is 6.18 Å². The van der Waals surface area contributed by atoms with Crippen molar-refractivity contribution in [2.75, 3.05) is 38.2 Å². The molecule has 0 bridgehead atoms. The monoisotopic (exact) mass is 470 g/mol. The number of piperazine rings is 1. The third-order valence-corrected chi connectivity index (χ3v) is 5.77. The van der Waals surface area contributed by atoms with E-state index in [1.807, 2.05) is 35.2 Å². The molecule has 1 aliphatic rings. The molecular formula is C26H25F3N2O3. The highest BCUT2D eigenvalue weighted by atomic mass is 19.4. The second-order valence-electron chi connectivity index (χ2n) is 7.96. The molecule has 1 amide bonds. The highest BCUT2D eigenvalue weighted by Crippen LogP contribution is 2.32. The van der Waals surface area contributed by atoms with E-state index in [2.05, 4.69) is 0 Å². The summed E-state index contributed by atoms with van der Waals surface area (Å²) in [6, 6.07) is 19.9. The highest BCUT2D eigenvalue weighted by Gasteiger charge is 2.31. The van der Waals surface area contributed by atoms with E-state index in [9.17, 15) is 18.0 Å². The number of hydrogen-bond donors (Lipinski definition) is 0. The minimum absolute atomic E-state index is 0.132. The molecule has 5 nitrogen and oxygen atoms in total. The lowest BCUT2D eigenvalue weighted by molar-refractivity contribution is -0.137. The van der Waals surface area contributed by atoms with E-state index in [0.29, 0.717) is 48.9 Å². The van der Waals surface area contributed by atoms with Gasteiger partial charge in [-0.05, 0) is 48.5 Å². The van der Waals surface area contributed by atoms with Gasteiger partial charge in [-0.2, -0.15) is 13.2 Å². The zero-order valence-corrected chi connectivity index (χ0v) is 18.7. The van der Waals surface area contributed by atoms with Gasteiger partial charge in [0.05, 0.1) is 12.7 Å². The lowest BCUT2D eigenvalue weighted by Gasteiger charge is -2.36. The molecule has 178 valence electrons. The number of alkyl halides is 3. The molecule has 3 aromatic carbocycles. The number of nitrogens with zero attached hydrogens (tertiary/aromatic N) is 2. The van der Waals surface area contributed by atoms with Crippen LogP contribution >= 0.6 is 0 Å². The number of benzene rings is 3. The smallest absolute Gasteiger partial charge is 0.416 e. The topological polar surface area (TPSA) is 42.0 Å². The Morgan fingerprint density at radius 2 is 1.65 bits per heavy atom. The van der Waals surface area contributed by atoms with E-state index in [0.717, 1.165) is 17.7 Å². The molecule has 0 spiro atoms. The molecule has 3 aromatic rings. The van der Waals surface area contributed by atoms with E-state index in [-0.39, 0.29) is 12.5 Å². The van der Waals surface area contributed by atoms with E-state index < -0.39 is 11.7 Å². The van der Waals surface area contributed by atoms with Crippen molar-refractivity contribution in [1.29, 1.82) is 0 Å². The SMILES string of the molecule is COc1ccc(C(=O)N2CCN(c3cccc(C(F)(F)F)c3)CC2)cc1COc1ccccc1. The van der Waals surface area contributed by atoms with Gasteiger partial charge in [0.1, 0.15) is 18.1 Å². The van der Waals surface area contributed by atoms with Crippen molar-refractivity contribution in [3.63, 3.8) is 0 Å². The van der Waals surface area contributed by atoms with Gasteiger partial charge in [-0.1, -0.05) is 24.3 Å². The molecule has 1 heterocycles. The fraction of sp³-hybridized carbons (Fsp3) is 0.269. The Labute approximate surface area is 196 Å². The summed E-state index contributed by atoms with van der Waals surface area (Å²) in [5.74, 6) is 1.21. The minimum Gasteiger partial charge on any atom is -0.496 e. The number of hydrogen-bond acceptors (Lipinski definition) is 4. The van der Waals surface area contributed by atoms with Crippen LogP contribution in [0.15, 0.2) is 72.8 Å². The molecule has 0 saturated carbocycles. The number of rotatable bonds is 6. The summed E-state index contributed by atoms with van der Waals surface area (Å²) in [5.41, 5.74) is 1.10. The average molecular weight is 470 g/mol. The van der Waals surface area contributed by atoms with E-state index >= 15 is 0 Å². The van der Waals surface area contributed by atoms with Gasteiger partial charge in [0.25, 0.3) is 5.91 Å². The van der Waals surface area contributed by atoms with Crippen LogP contribution in [0.3, 0.4) is 0 Å². The second-order valence-corrected chi connectivity index (χ2v) is 7.96. The van der Waals surface area contributed by atoms with Gasteiger partial charge in [-0.3, -0.25) is 4.79 Å². The number of ether oxygens (including phenoxy) is 2. The normalized spacial score (nSPS) is 14.1. The largest absolute Gasteiger partial charge is 0.496 e. The van der Waals surface area contributed by atoms with Gasteiger partial charge in [0.2, 0.25) is 0 Å². The summed E-state index contributed by atoms with van der Waals surface area (Å²) in [6.45, 7) is 1.98. The highest BCUT2D eigenvalue weighted by molar-refractivity contribution is 5.94. The molecule has 34 heavy (non-hydrogen) atoms. The van der Waals surface area contributed by atoms with Crippen LogP contribution in [0.1, 0.15) is 21.5 Å². The van der Waals surface area contributed by atoms with Gasteiger partial charge in [-0.25, -0.2) is 0 Å². The molecule has 1 saturated heterocycles. The average Bonchev–Trinajstić information content (AvgIpc) is 2.87. The molecule has 0 unspecified atom stereocenters. The maximum atomic E-state index is 13.1. The third kappa shape index (κ3) is 5.44. The second kappa shape index (κ2) is 10.1. The molecule has 0 aliphatic carbocycles. The molecule has 1 fully saturated rings. The number of para-hydroxylation sites is 1. The lowest BCUT2D eigenvalue weighted by Crippen LogP contribution is -2.48. The number of carbonyl (C=O) groups excluding carboxylic acids is 1. The maximum absolute atomic E-state index is 13.1. The number of amides is 1. The van der Waals surface area contributed by atoms with Crippen molar-refractivity contribution in [2.24, 2.45) is 0 Å². The fourth-order valence-electron chi connectivity index (χ4n) is 3.93. The summed E-state index contributed by atoms with van der Waals surface area (Å²) < 4.78 is 50.4. The number of anilines is 1. The van der Waals surface area contributed by atoms with Crippen molar-refractivity contribution in [1.82, 2.24) is 4.90 Å². The fourth-order valence-corrected chi connectivity index (χ4v) is 3.93. The van der Waals surface area contributed by atoms with Crippen molar-refractivity contribution in [3.8, 4) is 11.5 Å². The van der Waals surface area contributed by atoms with Gasteiger partial charge in [0.15, 0.2) is 0 Å². The van der Waals surface area contributed by atoms with Crippen LogP contribution in [0, 0.1) is 0 Å². The van der Waals surface area contributed by atoms with E-state index in [1.165, 1.54) is 6.07 Å². The number of halogens is 3. The first-order valence-corrected chi connectivity index (χ1v) is 10.9. The maximum Gasteiger partial charge on any atom is 0.416 e. The number of carbonyl (C=O) groups is 1. The van der Waals surface area contributed by atoms with Crippen LogP contribution in [-0.2, 0) is 12.8 Å². The molecule has 1 aliphatic heterocycles. The quantitative estimate of drug-likeness (QED) is 0.493. The summed E-state index contributed by atoms with van der Waals surface area (Å²) in [5, 5.41) is 0. The summed E-state index contributed by atoms with van der Waals surface area (Å²) >= 11 is 0. The molecular weight excluding hydrogens is 445 g/mol. The Morgan fingerprint density at radius 1 is 0.912 bits per heavy atom. The van der Waals surface area contributed by atoms with Crippen molar-refractivity contribution in [2.45, 2.75) is 12.8 Å². The molecule has 0 atom stereocenters. The summed E-state index contributed by atoms with van der Waals surface area (Å²) in [4.78, 5) is 16.7. The third-order valence-electron chi connectivity index (χ3n) is 5.77. The van der Waals surface area contributed by atoms with Crippen LogP contribution in [0.4, 0.5) is 18.9 Å². The van der Waals surface area contributed by atoms with Crippen LogP contribution in [0.25, 0.3) is 0 Å². The summed E-state index contributed by atoms with van der Waals surface area (Å²) in [6.07, 6.45) is -4.38. The van der Waals surface area contributed by atoms with Crippen LogP contribution in [0.5, 0.6) is 11.5 Å². The van der Waals surface area contributed by atoms with Crippen molar-refractivity contribution >= 4 is 11.6 Å². The Balaban J connectivity index is 1.42. The predicted octanol–water partition coefficient (Wildman–Crippen LogP) is 5.26. The predicted molar refractivity (Wildman–Crippen MR) is 123 cm³/mol. The summed E-state index contributed by atoms with van der Waals surface area (Å²) in [7, 11) is 1.57. The lowest BCUT2D eigenvalue weighted by atomic mass is 10.1. The minimum atomic E-state index is -4.38. The molecule has 4 rings (SSSR count).